The highest BCUT2D eigenvalue weighted by Crippen LogP contribution is 2.21. The first-order valence-corrected chi connectivity index (χ1v) is 6.47. The van der Waals surface area contributed by atoms with Crippen LogP contribution in [0.4, 0.5) is 4.39 Å². The van der Waals surface area contributed by atoms with Gasteiger partial charge in [-0.2, -0.15) is 0 Å². The van der Waals surface area contributed by atoms with Gasteiger partial charge in [0, 0.05) is 6.04 Å². The lowest BCUT2D eigenvalue weighted by Crippen LogP contribution is -2.40. The number of primary amides is 1. The third kappa shape index (κ3) is 3.29. The molecule has 1 amide bonds. The van der Waals surface area contributed by atoms with Crippen molar-refractivity contribution in [1.82, 2.24) is 5.32 Å². The molecule has 18 heavy (non-hydrogen) atoms. The molecule has 1 aromatic rings. The lowest BCUT2D eigenvalue weighted by atomic mass is 9.94. The van der Waals surface area contributed by atoms with Crippen LogP contribution in [0.3, 0.4) is 0 Å². The highest BCUT2D eigenvalue weighted by atomic mass is 19.1. The summed E-state index contributed by atoms with van der Waals surface area (Å²) in [5, 5.41) is 3.29. The summed E-state index contributed by atoms with van der Waals surface area (Å²) in [4.78, 5) is 11.5. The van der Waals surface area contributed by atoms with E-state index < -0.39 is 11.9 Å². The predicted molar refractivity (Wildman–Crippen MR) is 68.3 cm³/mol. The third-order valence-electron chi connectivity index (χ3n) is 3.50. The zero-order chi connectivity index (χ0) is 13.0. The molecule has 2 rings (SSSR count). The summed E-state index contributed by atoms with van der Waals surface area (Å²) in [5.41, 5.74) is 6.16. The second kappa shape index (κ2) is 5.96. The van der Waals surface area contributed by atoms with Crippen LogP contribution in [0.2, 0.25) is 0 Å². The molecule has 0 aliphatic heterocycles. The molecule has 1 atom stereocenters. The number of benzene rings is 1. The minimum atomic E-state index is -0.520. The Morgan fingerprint density at radius 3 is 2.39 bits per heavy atom. The fourth-order valence-electron chi connectivity index (χ4n) is 2.50. The summed E-state index contributed by atoms with van der Waals surface area (Å²) in [6.07, 6.45) is 5.78. The van der Waals surface area contributed by atoms with Gasteiger partial charge in [-0.3, -0.25) is 10.1 Å². The van der Waals surface area contributed by atoms with Gasteiger partial charge in [0.2, 0.25) is 5.91 Å². The van der Waals surface area contributed by atoms with Crippen LogP contribution in [0.15, 0.2) is 24.3 Å². The maximum atomic E-state index is 12.9. The second-order valence-corrected chi connectivity index (χ2v) is 4.89. The maximum absolute atomic E-state index is 12.9. The average molecular weight is 250 g/mol. The van der Waals surface area contributed by atoms with E-state index in [0.717, 1.165) is 18.4 Å². The smallest absolute Gasteiger partial charge is 0.239 e. The molecule has 0 bridgehead atoms. The lowest BCUT2D eigenvalue weighted by molar-refractivity contribution is -0.120. The van der Waals surface area contributed by atoms with Gasteiger partial charge in [0.25, 0.3) is 0 Å². The molecule has 0 spiro atoms. The van der Waals surface area contributed by atoms with Crippen molar-refractivity contribution in [1.29, 1.82) is 0 Å². The number of nitrogens with two attached hydrogens (primary N) is 1. The topological polar surface area (TPSA) is 55.1 Å². The highest BCUT2D eigenvalue weighted by molar-refractivity contribution is 5.81. The number of carbonyl (C=O) groups excluding carboxylic acids is 1. The Labute approximate surface area is 107 Å². The van der Waals surface area contributed by atoms with E-state index in [0.29, 0.717) is 6.04 Å². The van der Waals surface area contributed by atoms with Gasteiger partial charge in [0.05, 0.1) is 0 Å². The fraction of sp³-hybridized carbons (Fsp3) is 0.500. The van der Waals surface area contributed by atoms with Crippen LogP contribution in [-0.4, -0.2) is 11.9 Å². The SMILES string of the molecule is NC(=O)C(NC1CCCCC1)c1ccc(F)cc1. The molecular formula is C14H19FN2O. The monoisotopic (exact) mass is 250 g/mol. The first kappa shape index (κ1) is 13.0. The van der Waals surface area contributed by atoms with Crippen LogP contribution in [-0.2, 0) is 4.79 Å². The molecule has 3 N–H and O–H groups in total. The van der Waals surface area contributed by atoms with Crippen LogP contribution in [0.1, 0.15) is 43.7 Å². The molecule has 4 heteroatoms. The quantitative estimate of drug-likeness (QED) is 0.861. The molecule has 1 saturated carbocycles. The molecular weight excluding hydrogens is 231 g/mol. The van der Waals surface area contributed by atoms with E-state index in [-0.39, 0.29) is 5.82 Å². The summed E-state index contributed by atoms with van der Waals surface area (Å²) in [5.74, 6) is -0.716. The van der Waals surface area contributed by atoms with E-state index in [9.17, 15) is 9.18 Å². The zero-order valence-corrected chi connectivity index (χ0v) is 10.4. The van der Waals surface area contributed by atoms with Crippen LogP contribution in [0, 0.1) is 5.82 Å². The number of amides is 1. The molecule has 0 saturated heterocycles. The largest absolute Gasteiger partial charge is 0.368 e. The van der Waals surface area contributed by atoms with Gasteiger partial charge in [-0.1, -0.05) is 31.4 Å². The molecule has 98 valence electrons. The molecule has 3 nitrogen and oxygen atoms in total. The Balaban J connectivity index is 2.07. The van der Waals surface area contributed by atoms with Crippen molar-refractivity contribution in [2.45, 2.75) is 44.2 Å². The highest BCUT2D eigenvalue weighted by Gasteiger charge is 2.22. The predicted octanol–water partition coefficient (Wildman–Crippen LogP) is 2.27. The normalized spacial score (nSPS) is 18.5. The van der Waals surface area contributed by atoms with Crippen LogP contribution in [0.5, 0.6) is 0 Å². The van der Waals surface area contributed by atoms with Gasteiger partial charge in [0.1, 0.15) is 11.9 Å². The van der Waals surface area contributed by atoms with Crippen molar-refractivity contribution in [2.75, 3.05) is 0 Å². The van der Waals surface area contributed by atoms with Crippen molar-refractivity contribution in [2.24, 2.45) is 5.73 Å². The number of nitrogens with one attached hydrogen (secondary N) is 1. The minimum absolute atomic E-state index is 0.306. The van der Waals surface area contributed by atoms with Crippen LogP contribution < -0.4 is 11.1 Å². The zero-order valence-electron chi connectivity index (χ0n) is 10.4. The van der Waals surface area contributed by atoms with E-state index in [4.69, 9.17) is 5.73 Å². The van der Waals surface area contributed by atoms with Gasteiger partial charge >= 0.3 is 0 Å². The van der Waals surface area contributed by atoms with Gasteiger partial charge in [-0.25, -0.2) is 4.39 Å². The Kier molecular flexibility index (Phi) is 4.31. The minimum Gasteiger partial charge on any atom is -0.368 e. The number of rotatable bonds is 4. The van der Waals surface area contributed by atoms with E-state index in [1.807, 2.05) is 0 Å². The summed E-state index contributed by atoms with van der Waals surface area (Å²) >= 11 is 0. The number of hydrogen-bond donors (Lipinski definition) is 2. The fourth-order valence-corrected chi connectivity index (χ4v) is 2.50. The molecule has 1 unspecified atom stereocenters. The summed E-state index contributed by atoms with van der Waals surface area (Å²) in [7, 11) is 0. The van der Waals surface area contributed by atoms with Gasteiger partial charge in [-0.15, -0.1) is 0 Å². The van der Waals surface area contributed by atoms with Crippen LogP contribution in [0.25, 0.3) is 0 Å². The second-order valence-electron chi connectivity index (χ2n) is 4.89. The maximum Gasteiger partial charge on any atom is 0.239 e. The van der Waals surface area contributed by atoms with Crippen molar-refractivity contribution < 1.29 is 9.18 Å². The van der Waals surface area contributed by atoms with Crippen molar-refractivity contribution in [3.8, 4) is 0 Å². The molecule has 1 fully saturated rings. The van der Waals surface area contributed by atoms with E-state index in [1.165, 1.54) is 31.4 Å². The number of hydrogen-bond acceptors (Lipinski definition) is 2. The summed E-state index contributed by atoms with van der Waals surface area (Å²) < 4.78 is 12.9. The van der Waals surface area contributed by atoms with Gasteiger partial charge in [0.15, 0.2) is 0 Å². The standard InChI is InChI=1S/C14H19FN2O/c15-11-8-6-10(7-9-11)13(14(16)18)17-12-4-2-1-3-5-12/h6-9,12-13,17H,1-5H2,(H2,16,18). The Hall–Kier alpha value is -1.42. The molecule has 0 aromatic heterocycles. The summed E-state index contributed by atoms with van der Waals surface area (Å²) in [6.45, 7) is 0. The third-order valence-corrected chi connectivity index (χ3v) is 3.50. The average Bonchev–Trinajstić information content (AvgIpc) is 2.38. The van der Waals surface area contributed by atoms with Crippen molar-refractivity contribution in [3.63, 3.8) is 0 Å². The number of carbonyl (C=O) groups is 1. The van der Waals surface area contributed by atoms with Gasteiger partial charge < -0.3 is 5.73 Å². The van der Waals surface area contributed by atoms with E-state index in [1.54, 1.807) is 12.1 Å². The molecule has 0 heterocycles. The van der Waals surface area contributed by atoms with Crippen LogP contribution >= 0.6 is 0 Å². The molecule has 0 radical (unpaired) electrons. The van der Waals surface area contributed by atoms with E-state index >= 15 is 0 Å². The lowest BCUT2D eigenvalue weighted by Gasteiger charge is -2.27. The summed E-state index contributed by atoms with van der Waals surface area (Å²) in [6, 6.07) is 5.75. The number of halogens is 1. The Morgan fingerprint density at radius 1 is 1.22 bits per heavy atom. The molecule has 1 aromatic carbocycles. The van der Waals surface area contributed by atoms with E-state index in [2.05, 4.69) is 5.32 Å². The van der Waals surface area contributed by atoms with Crippen molar-refractivity contribution in [3.05, 3.63) is 35.6 Å². The van der Waals surface area contributed by atoms with Gasteiger partial charge in [-0.05, 0) is 30.5 Å². The Bertz CT molecular complexity index is 399. The molecule has 1 aliphatic rings. The first-order chi connectivity index (χ1) is 8.66. The molecule has 1 aliphatic carbocycles. The van der Waals surface area contributed by atoms with Crippen molar-refractivity contribution >= 4 is 5.91 Å². The Morgan fingerprint density at radius 2 is 1.83 bits per heavy atom. The first-order valence-electron chi connectivity index (χ1n) is 6.47.